The Balaban J connectivity index is 1.90. The molecule has 0 atom stereocenters. The fourth-order valence-electron chi connectivity index (χ4n) is 3.01. The number of carboxylic acid groups (broad SMARTS) is 1. The largest absolute Gasteiger partial charge is 0.491 e. The van der Waals surface area contributed by atoms with E-state index in [1.807, 2.05) is 38.1 Å². The number of benzene rings is 3. The molecule has 0 unspecified atom stereocenters. The van der Waals surface area contributed by atoms with Gasteiger partial charge in [-0.3, -0.25) is 4.79 Å². The van der Waals surface area contributed by atoms with E-state index in [0.717, 1.165) is 16.7 Å². The first-order valence-corrected chi connectivity index (χ1v) is 9.89. The SMILES string of the molecule is CC(C)Oc1ccc(-c2cccc(C(=O)O)c2)cc1CNC(=O)c1ccccc1Cl. The zero-order valence-electron chi connectivity index (χ0n) is 16.7. The quantitative estimate of drug-likeness (QED) is 0.531. The summed E-state index contributed by atoms with van der Waals surface area (Å²) in [5, 5.41) is 12.5. The number of carbonyl (C=O) groups is 2. The highest BCUT2D eigenvalue weighted by atomic mass is 35.5. The van der Waals surface area contributed by atoms with Crippen LogP contribution in [0.3, 0.4) is 0 Å². The molecule has 2 N–H and O–H groups in total. The van der Waals surface area contributed by atoms with Crippen LogP contribution in [0.15, 0.2) is 66.7 Å². The molecular formula is C24H22ClNO4. The van der Waals surface area contributed by atoms with Gasteiger partial charge in [0.25, 0.3) is 5.91 Å². The lowest BCUT2D eigenvalue weighted by atomic mass is 10.00. The minimum absolute atomic E-state index is 0.0378. The lowest BCUT2D eigenvalue weighted by Gasteiger charge is -2.16. The van der Waals surface area contributed by atoms with Gasteiger partial charge in [-0.2, -0.15) is 0 Å². The molecule has 0 fully saturated rings. The lowest BCUT2D eigenvalue weighted by molar-refractivity contribution is 0.0696. The molecule has 0 spiro atoms. The van der Waals surface area contributed by atoms with Crippen LogP contribution < -0.4 is 10.1 Å². The first-order valence-electron chi connectivity index (χ1n) is 9.51. The van der Waals surface area contributed by atoms with Crippen molar-refractivity contribution in [1.82, 2.24) is 5.32 Å². The number of hydrogen-bond donors (Lipinski definition) is 2. The zero-order valence-corrected chi connectivity index (χ0v) is 17.4. The highest BCUT2D eigenvalue weighted by Crippen LogP contribution is 2.28. The van der Waals surface area contributed by atoms with Crippen LogP contribution in [0.25, 0.3) is 11.1 Å². The molecule has 0 aliphatic heterocycles. The number of amides is 1. The first-order chi connectivity index (χ1) is 14.3. The molecular weight excluding hydrogens is 402 g/mol. The minimum Gasteiger partial charge on any atom is -0.491 e. The van der Waals surface area contributed by atoms with Crippen molar-refractivity contribution in [3.8, 4) is 16.9 Å². The molecule has 5 nitrogen and oxygen atoms in total. The van der Waals surface area contributed by atoms with E-state index in [4.69, 9.17) is 16.3 Å². The second kappa shape index (κ2) is 9.46. The Morgan fingerprint density at radius 1 is 1.00 bits per heavy atom. The summed E-state index contributed by atoms with van der Waals surface area (Å²) in [7, 11) is 0. The molecule has 0 bridgehead atoms. The van der Waals surface area contributed by atoms with Crippen molar-refractivity contribution in [1.29, 1.82) is 0 Å². The standard InChI is InChI=1S/C24H22ClNO4/c1-15(2)30-22-11-10-17(16-6-5-7-18(12-16)24(28)29)13-19(22)14-26-23(27)20-8-3-4-9-21(20)25/h3-13,15H,14H2,1-2H3,(H,26,27)(H,28,29). The molecule has 1 amide bonds. The fraction of sp³-hybridized carbons (Fsp3) is 0.167. The van der Waals surface area contributed by atoms with Crippen LogP contribution in [0.1, 0.15) is 40.1 Å². The number of hydrogen-bond acceptors (Lipinski definition) is 3. The predicted octanol–water partition coefficient (Wildman–Crippen LogP) is 5.42. The highest BCUT2D eigenvalue weighted by Gasteiger charge is 2.13. The van der Waals surface area contributed by atoms with E-state index >= 15 is 0 Å². The summed E-state index contributed by atoms with van der Waals surface area (Å²) in [6.07, 6.45) is -0.0378. The Hall–Kier alpha value is -3.31. The van der Waals surface area contributed by atoms with Crippen LogP contribution in [0.5, 0.6) is 5.75 Å². The molecule has 3 aromatic carbocycles. The highest BCUT2D eigenvalue weighted by molar-refractivity contribution is 6.33. The summed E-state index contributed by atoms with van der Waals surface area (Å²) in [6.45, 7) is 4.09. The topological polar surface area (TPSA) is 75.6 Å². The van der Waals surface area contributed by atoms with Gasteiger partial charge in [-0.1, -0.05) is 41.9 Å². The predicted molar refractivity (Wildman–Crippen MR) is 117 cm³/mol. The molecule has 0 saturated carbocycles. The maximum absolute atomic E-state index is 12.5. The molecule has 3 rings (SSSR count). The number of carboxylic acids is 1. The Labute approximate surface area is 180 Å². The van der Waals surface area contributed by atoms with Gasteiger partial charge < -0.3 is 15.2 Å². The number of rotatable bonds is 7. The van der Waals surface area contributed by atoms with E-state index in [1.165, 1.54) is 0 Å². The molecule has 0 heterocycles. The van der Waals surface area contributed by atoms with E-state index in [9.17, 15) is 14.7 Å². The number of carbonyl (C=O) groups excluding carboxylic acids is 1. The van der Waals surface area contributed by atoms with Crippen molar-refractivity contribution < 1.29 is 19.4 Å². The van der Waals surface area contributed by atoms with Crippen LogP contribution in [0.2, 0.25) is 5.02 Å². The van der Waals surface area contributed by atoms with Crippen molar-refractivity contribution in [2.24, 2.45) is 0 Å². The summed E-state index contributed by atoms with van der Waals surface area (Å²) < 4.78 is 5.89. The minimum atomic E-state index is -0.983. The zero-order chi connectivity index (χ0) is 21.7. The monoisotopic (exact) mass is 423 g/mol. The van der Waals surface area contributed by atoms with E-state index in [-0.39, 0.29) is 24.1 Å². The maximum Gasteiger partial charge on any atom is 0.335 e. The molecule has 0 aromatic heterocycles. The van der Waals surface area contributed by atoms with Gasteiger partial charge in [-0.25, -0.2) is 4.79 Å². The normalized spacial score (nSPS) is 10.7. The van der Waals surface area contributed by atoms with Crippen LogP contribution in [0.4, 0.5) is 0 Å². The Morgan fingerprint density at radius 2 is 1.73 bits per heavy atom. The molecule has 3 aromatic rings. The Morgan fingerprint density at radius 3 is 2.43 bits per heavy atom. The van der Waals surface area contributed by atoms with Gasteiger partial charge in [0.05, 0.1) is 22.3 Å². The molecule has 0 aliphatic rings. The second-order valence-electron chi connectivity index (χ2n) is 7.04. The number of aromatic carboxylic acids is 1. The van der Waals surface area contributed by atoms with Crippen molar-refractivity contribution in [3.63, 3.8) is 0 Å². The van der Waals surface area contributed by atoms with Crippen molar-refractivity contribution in [2.45, 2.75) is 26.5 Å². The Kier molecular flexibility index (Phi) is 6.75. The third-order valence-electron chi connectivity index (χ3n) is 4.42. The number of ether oxygens (including phenoxy) is 1. The number of nitrogens with one attached hydrogen (secondary N) is 1. The van der Waals surface area contributed by atoms with Gasteiger partial charge in [-0.15, -0.1) is 0 Å². The average Bonchev–Trinajstić information content (AvgIpc) is 2.72. The second-order valence-corrected chi connectivity index (χ2v) is 7.44. The number of halogens is 1. The molecule has 0 radical (unpaired) electrons. The summed E-state index contributed by atoms with van der Waals surface area (Å²) in [5.41, 5.74) is 2.99. The summed E-state index contributed by atoms with van der Waals surface area (Å²) in [4.78, 5) is 23.8. The smallest absolute Gasteiger partial charge is 0.335 e. The van der Waals surface area contributed by atoms with E-state index < -0.39 is 5.97 Å². The van der Waals surface area contributed by atoms with Gasteiger partial charge in [0.15, 0.2) is 0 Å². The van der Waals surface area contributed by atoms with Gasteiger partial charge >= 0.3 is 5.97 Å². The van der Waals surface area contributed by atoms with Crippen molar-refractivity contribution in [3.05, 3.63) is 88.4 Å². The van der Waals surface area contributed by atoms with Crippen LogP contribution >= 0.6 is 11.6 Å². The first kappa shape index (κ1) is 21.4. The lowest BCUT2D eigenvalue weighted by Crippen LogP contribution is -2.23. The average molecular weight is 424 g/mol. The molecule has 0 aliphatic carbocycles. The third-order valence-corrected chi connectivity index (χ3v) is 4.75. The van der Waals surface area contributed by atoms with Gasteiger partial charge in [0.1, 0.15) is 5.75 Å². The fourth-order valence-corrected chi connectivity index (χ4v) is 3.24. The van der Waals surface area contributed by atoms with Crippen LogP contribution in [-0.4, -0.2) is 23.1 Å². The van der Waals surface area contributed by atoms with Crippen molar-refractivity contribution >= 4 is 23.5 Å². The van der Waals surface area contributed by atoms with Gasteiger partial charge in [0, 0.05) is 12.1 Å². The van der Waals surface area contributed by atoms with E-state index in [2.05, 4.69) is 5.32 Å². The summed E-state index contributed by atoms with van der Waals surface area (Å²) in [6, 6.07) is 19.2. The third kappa shape index (κ3) is 5.19. The molecule has 30 heavy (non-hydrogen) atoms. The van der Waals surface area contributed by atoms with Gasteiger partial charge in [0.2, 0.25) is 0 Å². The Bertz CT molecular complexity index is 1080. The van der Waals surface area contributed by atoms with Crippen LogP contribution in [0, 0.1) is 0 Å². The molecule has 0 saturated heterocycles. The van der Waals surface area contributed by atoms with Crippen molar-refractivity contribution in [2.75, 3.05) is 0 Å². The molecule has 6 heteroatoms. The van der Waals surface area contributed by atoms with Gasteiger partial charge in [-0.05, 0) is 61.4 Å². The van der Waals surface area contributed by atoms with E-state index in [1.54, 1.807) is 42.5 Å². The maximum atomic E-state index is 12.5. The summed E-state index contributed by atoms with van der Waals surface area (Å²) >= 11 is 6.11. The van der Waals surface area contributed by atoms with E-state index in [0.29, 0.717) is 16.3 Å². The molecule has 154 valence electrons. The summed E-state index contributed by atoms with van der Waals surface area (Å²) in [5.74, 6) is -0.610. The van der Waals surface area contributed by atoms with Crippen LogP contribution in [-0.2, 0) is 6.54 Å².